The Labute approximate surface area is 168 Å². The van der Waals surface area contributed by atoms with Crippen LogP contribution in [0, 0.1) is 5.82 Å². The molecule has 0 aliphatic carbocycles. The highest BCUT2D eigenvalue weighted by Gasteiger charge is 2.45. The van der Waals surface area contributed by atoms with Gasteiger partial charge in [-0.05, 0) is 71.6 Å². The Hall–Kier alpha value is -1.45. The fourth-order valence-corrected chi connectivity index (χ4v) is 5.34. The molecule has 28 heavy (non-hydrogen) atoms. The summed E-state index contributed by atoms with van der Waals surface area (Å²) in [5, 5.41) is 0. The SMILES string of the molecule is CC1(S(=O)(=O)c2cccc(C(F)(F)F)c2)CCOC(c2ccc(Br)c(F)c2)C1. The molecule has 2 aromatic carbocycles. The first-order valence-electron chi connectivity index (χ1n) is 8.42. The van der Waals surface area contributed by atoms with Crippen LogP contribution in [0.1, 0.15) is 37.0 Å². The van der Waals surface area contributed by atoms with Gasteiger partial charge in [-0.1, -0.05) is 12.1 Å². The first kappa shape index (κ1) is 21.3. The van der Waals surface area contributed by atoms with Gasteiger partial charge in [0.1, 0.15) is 5.82 Å². The molecule has 2 unspecified atom stereocenters. The van der Waals surface area contributed by atoms with Gasteiger partial charge in [0.2, 0.25) is 0 Å². The second-order valence-corrected chi connectivity index (χ2v) is 10.3. The van der Waals surface area contributed by atoms with Crippen molar-refractivity contribution in [3.05, 3.63) is 63.9 Å². The number of benzene rings is 2. The molecule has 0 bridgehead atoms. The molecule has 0 radical (unpaired) electrons. The molecule has 0 saturated carbocycles. The van der Waals surface area contributed by atoms with Crippen LogP contribution in [-0.4, -0.2) is 19.8 Å². The lowest BCUT2D eigenvalue weighted by Gasteiger charge is -2.38. The van der Waals surface area contributed by atoms with E-state index in [4.69, 9.17) is 4.74 Å². The lowest BCUT2D eigenvalue weighted by Crippen LogP contribution is -2.42. The van der Waals surface area contributed by atoms with Gasteiger partial charge in [-0.3, -0.25) is 0 Å². The highest BCUT2D eigenvalue weighted by Crippen LogP contribution is 2.43. The predicted octanol–water partition coefficient (Wildman–Crippen LogP) is 5.69. The third kappa shape index (κ3) is 3.97. The molecule has 2 aromatic rings. The topological polar surface area (TPSA) is 43.4 Å². The van der Waals surface area contributed by atoms with Crippen molar-refractivity contribution in [1.29, 1.82) is 0 Å². The van der Waals surface area contributed by atoms with E-state index < -0.39 is 38.2 Å². The summed E-state index contributed by atoms with van der Waals surface area (Å²) in [6, 6.07) is 8.13. The van der Waals surface area contributed by atoms with Crippen molar-refractivity contribution in [2.24, 2.45) is 0 Å². The van der Waals surface area contributed by atoms with Gasteiger partial charge in [-0.25, -0.2) is 12.8 Å². The first-order chi connectivity index (χ1) is 12.9. The number of rotatable bonds is 3. The van der Waals surface area contributed by atoms with Crippen LogP contribution in [0.15, 0.2) is 51.8 Å². The van der Waals surface area contributed by atoms with Crippen LogP contribution in [-0.2, 0) is 20.8 Å². The maximum atomic E-state index is 13.9. The van der Waals surface area contributed by atoms with Crippen LogP contribution in [0.5, 0.6) is 0 Å². The maximum Gasteiger partial charge on any atom is 0.416 e. The highest BCUT2D eigenvalue weighted by molar-refractivity contribution is 9.10. The number of hydrogen-bond donors (Lipinski definition) is 0. The van der Waals surface area contributed by atoms with E-state index in [1.165, 1.54) is 25.1 Å². The van der Waals surface area contributed by atoms with Gasteiger partial charge in [-0.15, -0.1) is 0 Å². The average Bonchev–Trinajstić information content (AvgIpc) is 2.63. The van der Waals surface area contributed by atoms with Crippen LogP contribution in [0.25, 0.3) is 0 Å². The standard InChI is InChI=1S/C19H17BrF4O3S/c1-18(28(25,26)14-4-2-3-13(10-14)19(22,23)24)7-8-27-17(11-18)12-5-6-15(20)16(21)9-12/h2-6,9-10,17H,7-8,11H2,1H3. The predicted molar refractivity (Wildman–Crippen MR) is 99.1 cm³/mol. The zero-order chi connectivity index (χ0) is 20.7. The van der Waals surface area contributed by atoms with Crippen molar-refractivity contribution in [3.8, 4) is 0 Å². The molecule has 9 heteroatoms. The van der Waals surface area contributed by atoms with Gasteiger partial charge in [0.15, 0.2) is 9.84 Å². The molecule has 0 aromatic heterocycles. The quantitative estimate of drug-likeness (QED) is 0.529. The Bertz CT molecular complexity index is 991. The van der Waals surface area contributed by atoms with E-state index in [-0.39, 0.29) is 28.8 Å². The van der Waals surface area contributed by atoms with Crippen molar-refractivity contribution in [2.45, 2.75) is 41.7 Å². The van der Waals surface area contributed by atoms with Crippen LogP contribution in [0.2, 0.25) is 0 Å². The number of ether oxygens (including phenoxy) is 1. The molecule has 3 rings (SSSR count). The largest absolute Gasteiger partial charge is 0.416 e. The van der Waals surface area contributed by atoms with Crippen LogP contribution in [0.4, 0.5) is 17.6 Å². The molecule has 1 aliphatic heterocycles. The van der Waals surface area contributed by atoms with Gasteiger partial charge in [0.25, 0.3) is 0 Å². The number of hydrogen-bond acceptors (Lipinski definition) is 3. The van der Waals surface area contributed by atoms with E-state index in [1.54, 1.807) is 6.07 Å². The normalized spacial score (nSPS) is 23.6. The smallest absolute Gasteiger partial charge is 0.373 e. The molecule has 1 heterocycles. The van der Waals surface area contributed by atoms with Gasteiger partial charge in [0, 0.05) is 6.61 Å². The van der Waals surface area contributed by atoms with Crippen molar-refractivity contribution in [2.75, 3.05) is 6.61 Å². The van der Waals surface area contributed by atoms with E-state index >= 15 is 0 Å². The molecule has 0 N–H and O–H groups in total. The van der Waals surface area contributed by atoms with Crippen LogP contribution < -0.4 is 0 Å². The molecule has 1 aliphatic rings. The van der Waals surface area contributed by atoms with Gasteiger partial charge in [-0.2, -0.15) is 13.2 Å². The first-order valence-corrected chi connectivity index (χ1v) is 10.7. The fraction of sp³-hybridized carbons (Fsp3) is 0.368. The summed E-state index contributed by atoms with van der Waals surface area (Å²) in [6.07, 6.45) is -5.19. The monoisotopic (exact) mass is 480 g/mol. The summed E-state index contributed by atoms with van der Waals surface area (Å²) >= 11 is 3.06. The van der Waals surface area contributed by atoms with Crippen molar-refractivity contribution in [3.63, 3.8) is 0 Å². The van der Waals surface area contributed by atoms with Gasteiger partial charge >= 0.3 is 6.18 Å². The van der Waals surface area contributed by atoms with Crippen LogP contribution in [0.3, 0.4) is 0 Å². The Kier molecular flexibility index (Phi) is 5.64. The Morgan fingerprint density at radius 1 is 1.18 bits per heavy atom. The molecular formula is C19H17BrF4O3S. The zero-order valence-electron chi connectivity index (χ0n) is 14.8. The van der Waals surface area contributed by atoms with E-state index in [2.05, 4.69) is 15.9 Å². The summed E-state index contributed by atoms with van der Waals surface area (Å²) in [4.78, 5) is -0.382. The van der Waals surface area contributed by atoms with E-state index in [9.17, 15) is 26.0 Å². The average molecular weight is 481 g/mol. The van der Waals surface area contributed by atoms with Crippen molar-refractivity contribution < 1.29 is 30.7 Å². The van der Waals surface area contributed by atoms with Crippen molar-refractivity contribution >= 4 is 25.8 Å². The molecular weight excluding hydrogens is 464 g/mol. The van der Waals surface area contributed by atoms with E-state index in [1.807, 2.05) is 0 Å². The lowest BCUT2D eigenvalue weighted by atomic mass is 9.92. The molecule has 1 fully saturated rings. The zero-order valence-corrected chi connectivity index (χ0v) is 17.2. The maximum absolute atomic E-state index is 13.9. The Balaban J connectivity index is 1.95. The molecule has 2 atom stereocenters. The summed E-state index contributed by atoms with van der Waals surface area (Å²) in [5.41, 5.74) is -0.540. The second kappa shape index (κ2) is 7.42. The fourth-order valence-electron chi connectivity index (χ4n) is 3.27. The second-order valence-electron chi connectivity index (χ2n) is 6.97. The minimum Gasteiger partial charge on any atom is -0.373 e. The lowest BCUT2D eigenvalue weighted by molar-refractivity contribution is -0.137. The third-order valence-electron chi connectivity index (χ3n) is 5.00. The Morgan fingerprint density at radius 3 is 2.54 bits per heavy atom. The summed E-state index contributed by atoms with van der Waals surface area (Å²) < 4.78 is 83.8. The Morgan fingerprint density at radius 2 is 1.89 bits per heavy atom. The molecule has 0 spiro atoms. The number of alkyl halides is 3. The minimum atomic E-state index is -4.64. The molecule has 1 saturated heterocycles. The van der Waals surface area contributed by atoms with Crippen LogP contribution >= 0.6 is 15.9 Å². The number of halogens is 5. The third-order valence-corrected chi connectivity index (χ3v) is 8.19. The molecule has 152 valence electrons. The highest BCUT2D eigenvalue weighted by atomic mass is 79.9. The molecule has 0 amide bonds. The summed E-state index contributed by atoms with van der Waals surface area (Å²) in [6.45, 7) is 1.59. The summed E-state index contributed by atoms with van der Waals surface area (Å²) in [5.74, 6) is -0.505. The molecule has 3 nitrogen and oxygen atoms in total. The van der Waals surface area contributed by atoms with Gasteiger partial charge < -0.3 is 4.74 Å². The van der Waals surface area contributed by atoms with E-state index in [0.717, 1.165) is 12.1 Å². The number of sulfone groups is 1. The summed E-state index contributed by atoms with van der Waals surface area (Å²) in [7, 11) is -4.09. The minimum absolute atomic E-state index is 0.00660. The van der Waals surface area contributed by atoms with Crippen molar-refractivity contribution in [1.82, 2.24) is 0 Å². The van der Waals surface area contributed by atoms with Gasteiger partial charge in [0.05, 0.1) is 25.8 Å². The van der Waals surface area contributed by atoms with E-state index in [0.29, 0.717) is 11.6 Å².